The van der Waals surface area contributed by atoms with E-state index in [-0.39, 0.29) is 0 Å². The van der Waals surface area contributed by atoms with Gasteiger partial charge in [0.05, 0.1) is 0 Å². The second-order valence-electron chi connectivity index (χ2n) is 9.36. The molecule has 2 aliphatic rings. The van der Waals surface area contributed by atoms with Crippen molar-refractivity contribution < 1.29 is 0 Å². The molecule has 0 bridgehead atoms. The molecule has 0 heterocycles. The Morgan fingerprint density at radius 3 is 2.38 bits per heavy atom. The first-order chi connectivity index (χ1) is 14.3. The Kier molecular flexibility index (Phi) is 5.04. The van der Waals surface area contributed by atoms with E-state index in [1.807, 2.05) is 0 Å². The van der Waals surface area contributed by atoms with Crippen LogP contribution < -0.4 is 0 Å². The van der Waals surface area contributed by atoms with E-state index in [0.717, 1.165) is 6.42 Å². The Morgan fingerprint density at radius 1 is 0.793 bits per heavy atom. The quantitative estimate of drug-likeness (QED) is 0.397. The first kappa shape index (κ1) is 18.7. The normalized spacial score (nSPS) is 18.3. The van der Waals surface area contributed by atoms with Crippen LogP contribution in [0.25, 0.3) is 28.0 Å². The summed E-state index contributed by atoms with van der Waals surface area (Å²) < 4.78 is 0. The number of hydrogen-bond donors (Lipinski definition) is 0. The van der Waals surface area contributed by atoms with Crippen LogP contribution in [0.4, 0.5) is 0 Å². The fourth-order valence-electron chi connectivity index (χ4n) is 5.78. The van der Waals surface area contributed by atoms with Crippen LogP contribution in [0.3, 0.4) is 0 Å². The lowest BCUT2D eigenvalue weighted by Gasteiger charge is -2.32. The molecule has 0 amide bonds. The Hall–Kier alpha value is -2.34. The van der Waals surface area contributed by atoms with E-state index < -0.39 is 0 Å². The summed E-state index contributed by atoms with van der Waals surface area (Å²) in [6.45, 7) is 2.43. The van der Waals surface area contributed by atoms with Gasteiger partial charge in [0.1, 0.15) is 0 Å². The zero-order valence-corrected chi connectivity index (χ0v) is 17.7. The Bertz CT molecular complexity index is 1040. The maximum Gasteiger partial charge on any atom is -0.00574 e. The van der Waals surface area contributed by atoms with E-state index >= 15 is 0 Å². The predicted octanol–water partition coefficient (Wildman–Crippen LogP) is 8.59. The molecule has 0 heteroatoms. The van der Waals surface area contributed by atoms with E-state index in [1.54, 1.807) is 5.57 Å². The largest absolute Gasteiger partial charge is 0.0648 e. The number of hydrogen-bond acceptors (Lipinski definition) is 0. The van der Waals surface area contributed by atoms with Crippen molar-refractivity contribution in [1.82, 2.24) is 0 Å². The van der Waals surface area contributed by atoms with Gasteiger partial charge in [0.25, 0.3) is 0 Å². The standard InChI is InChI=1S/C29H32/c1-2-29(16-7-3-4-8-17-29)21-22-18-25-12-9-13-27(28(25)19-22)26-15-14-23-10-5-6-11-24(23)20-26/h5-6,9-15,19-20H,2-4,7-8,16-18,21H2,1H3. The molecule has 0 radical (unpaired) electrons. The molecule has 1 fully saturated rings. The maximum absolute atomic E-state index is 2.54. The van der Waals surface area contributed by atoms with Crippen molar-refractivity contribution in [3.8, 4) is 11.1 Å². The molecule has 0 spiro atoms. The molecule has 3 aromatic carbocycles. The molecule has 148 valence electrons. The fourth-order valence-corrected chi connectivity index (χ4v) is 5.78. The average Bonchev–Trinajstić information content (AvgIpc) is 3.02. The third-order valence-electron chi connectivity index (χ3n) is 7.54. The molecular weight excluding hydrogens is 348 g/mol. The highest BCUT2D eigenvalue weighted by molar-refractivity contribution is 5.90. The second-order valence-corrected chi connectivity index (χ2v) is 9.36. The molecule has 5 rings (SSSR count). The van der Waals surface area contributed by atoms with Crippen LogP contribution in [-0.4, -0.2) is 0 Å². The number of benzene rings is 3. The van der Waals surface area contributed by atoms with Crippen molar-refractivity contribution in [2.45, 2.75) is 64.7 Å². The van der Waals surface area contributed by atoms with Crippen molar-refractivity contribution >= 4 is 16.8 Å². The smallest absolute Gasteiger partial charge is 0.00574 e. The minimum absolute atomic E-state index is 0.549. The van der Waals surface area contributed by atoms with Crippen molar-refractivity contribution in [2.24, 2.45) is 5.41 Å². The van der Waals surface area contributed by atoms with Crippen LogP contribution in [0.2, 0.25) is 0 Å². The van der Waals surface area contributed by atoms with Crippen LogP contribution >= 0.6 is 0 Å². The van der Waals surface area contributed by atoms with Crippen LogP contribution in [0, 0.1) is 5.41 Å². The minimum atomic E-state index is 0.549. The van der Waals surface area contributed by atoms with Crippen LogP contribution in [0.5, 0.6) is 0 Å². The molecule has 0 aromatic heterocycles. The molecule has 3 aromatic rings. The van der Waals surface area contributed by atoms with Crippen LogP contribution in [0.15, 0.2) is 66.2 Å². The zero-order valence-electron chi connectivity index (χ0n) is 17.7. The van der Waals surface area contributed by atoms with Crippen molar-refractivity contribution in [3.63, 3.8) is 0 Å². The van der Waals surface area contributed by atoms with Gasteiger partial charge in [0.2, 0.25) is 0 Å². The van der Waals surface area contributed by atoms with Gasteiger partial charge in [-0.2, -0.15) is 0 Å². The molecule has 0 aliphatic heterocycles. The molecular formula is C29H32. The zero-order chi connectivity index (χ0) is 19.7. The highest BCUT2D eigenvalue weighted by atomic mass is 14.4. The lowest BCUT2D eigenvalue weighted by molar-refractivity contribution is 0.230. The van der Waals surface area contributed by atoms with E-state index in [4.69, 9.17) is 0 Å². The van der Waals surface area contributed by atoms with Crippen molar-refractivity contribution in [1.29, 1.82) is 0 Å². The maximum atomic E-state index is 2.54. The van der Waals surface area contributed by atoms with E-state index in [0.29, 0.717) is 5.41 Å². The summed E-state index contributed by atoms with van der Waals surface area (Å²) in [5.74, 6) is 0. The summed E-state index contributed by atoms with van der Waals surface area (Å²) in [6, 6.07) is 22.5. The minimum Gasteiger partial charge on any atom is -0.0648 e. The predicted molar refractivity (Wildman–Crippen MR) is 126 cm³/mol. The average molecular weight is 381 g/mol. The van der Waals surface area contributed by atoms with Gasteiger partial charge >= 0.3 is 0 Å². The van der Waals surface area contributed by atoms with Crippen molar-refractivity contribution in [2.75, 3.05) is 0 Å². The van der Waals surface area contributed by atoms with E-state index in [1.165, 1.54) is 84.4 Å². The third kappa shape index (κ3) is 3.66. The summed E-state index contributed by atoms with van der Waals surface area (Å²) in [4.78, 5) is 0. The highest BCUT2D eigenvalue weighted by Gasteiger charge is 2.31. The van der Waals surface area contributed by atoms with E-state index in [9.17, 15) is 0 Å². The van der Waals surface area contributed by atoms with Gasteiger partial charge in [-0.15, -0.1) is 0 Å². The van der Waals surface area contributed by atoms with Gasteiger partial charge < -0.3 is 0 Å². The Labute approximate surface area is 175 Å². The van der Waals surface area contributed by atoms with Gasteiger partial charge in [0, 0.05) is 0 Å². The molecule has 29 heavy (non-hydrogen) atoms. The van der Waals surface area contributed by atoms with Gasteiger partial charge in [-0.25, -0.2) is 0 Å². The number of allylic oxidation sites excluding steroid dienone is 1. The molecule has 0 N–H and O–H groups in total. The fraction of sp³-hybridized carbons (Fsp3) is 0.379. The molecule has 1 saturated carbocycles. The number of rotatable bonds is 4. The van der Waals surface area contributed by atoms with Gasteiger partial charge in [-0.3, -0.25) is 0 Å². The van der Waals surface area contributed by atoms with Gasteiger partial charge in [-0.05, 0) is 70.2 Å². The molecule has 0 unspecified atom stereocenters. The van der Waals surface area contributed by atoms with Crippen molar-refractivity contribution in [3.05, 3.63) is 77.4 Å². The summed E-state index contributed by atoms with van der Waals surface area (Å²) in [6.07, 6.45) is 14.9. The van der Waals surface area contributed by atoms with E-state index in [2.05, 4.69) is 73.7 Å². The monoisotopic (exact) mass is 380 g/mol. The lowest BCUT2D eigenvalue weighted by Crippen LogP contribution is -2.19. The SMILES string of the molecule is CCC1(CC2=Cc3c(cccc3-c3ccc4ccccc4c3)C2)CCCCCC1. The Balaban J connectivity index is 1.48. The van der Waals surface area contributed by atoms with Crippen LogP contribution in [0.1, 0.15) is 69.4 Å². The molecule has 0 nitrogen and oxygen atoms in total. The summed E-state index contributed by atoms with van der Waals surface area (Å²) >= 11 is 0. The second kappa shape index (κ2) is 7.82. The third-order valence-corrected chi connectivity index (χ3v) is 7.54. The van der Waals surface area contributed by atoms with Gasteiger partial charge in [0.15, 0.2) is 0 Å². The highest BCUT2D eigenvalue weighted by Crippen LogP contribution is 2.46. The topological polar surface area (TPSA) is 0 Å². The van der Waals surface area contributed by atoms with Crippen LogP contribution in [-0.2, 0) is 6.42 Å². The first-order valence-electron chi connectivity index (χ1n) is 11.6. The lowest BCUT2D eigenvalue weighted by atomic mass is 9.73. The first-order valence-corrected chi connectivity index (χ1v) is 11.6. The Morgan fingerprint density at radius 2 is 1.59 bits per heavy atom. The molecule has 0 atom stereocenters. The number of fused-ring (bicyclic) bond motifs is 2. The summed E-state index contributed by atoms with van der Waals surface area (Å²) in [5, 5.41) is 2.64. The summed E-state index contributed by atoms with van der Waals surface area (Å²) in [7, 11) is 0. The summed E-state index contributed by atoms with van der Waals surface area (Å²) in [5.41, 5.74) is 7.94. The molecule has 2 aliphatic carbocycles. The van der Waals surface area contributed by atoms with Gasteiger partial charge in [-0.1, -0.05) is 105 Å². The molecule has 0 saturated heterocycles.